The van der Waals surface area contributed by atoms with Crippen LogP contribution in [-0.4, -0.2) is 122 Å². The summed E-state index contributed by atoms with van der Waals surface area (Å²) in [4.78, 5) is 71.3. The van der Waals surface area contributed by atoms with E-state index in [0.717, 1.165) is 10.5 Å². The molecule has 3 aliphatic heterocycles. The number of esters is 1. The van der Waals surface area contributed by atoms with Crippen molar-refractivity contribution in [3.05, 3.63) is 47.6 Å². The first-order valence-corrected chi connectivity index (χ1v) is 23.8. The van der Waals surface area contributed by atoms with Crippen molar-refractivity contribution in [1.29, 1.82) is 0 Å². The van der Waals surface area contributed by atoms with Crippen LogP contribution in [0.5, 0.6) is 0 Å². The van der Waals surface area contributed by atoms with Gasteiger partial charge in [0.2, 0.25) is 0 Å². The van der Waals surface area contributed by atoms with Crippen LogP contribution in [0.2, 0.25) is 0 Å². The number of aliphatic hydroxyl groups is 1. The number of carbonyl (C=O) groups is 5. The molecule has 366 valence electrons. The second kappa shape index (κ2) is 25.1. The zero-order valence-corrected chi connectivity index (χ0v) is 40.5. The van der Waals surface area contributed by atoms with Gasteiger partial charge in [0.15, 0.2) is 18.1 Å². The summed E-state index contributed by atoms with van der Waals surface area (Å²) < 4.78 is 62.1. The first kappa shape index (κ1) is 54.2. The van der Waals surface area contributed by atoms with Gasteiger partial charge in [-0.1, -0.05) is 71.1 Å². The van der Waals surface area contributed by atoms with Crippen molar-refractivity contribution in [1.82, 2.24) is 4.90 Å². The van der Waals surface area contributed by atoms with Crippen LogP contribution >= 0.6 is 0 Å². The van der Waals surface area contributed by atoms with E-state index in [1.165, 1.54) is 34.1 Å². The maximum absolute atomic E-state index is 17.0. The Morgan fingerprint density at radius 2 is 1.60 bits per heavy atom. The van der Waals surface area contributed by atoms with Crippen molar-refractivity contribution in [2.75, 3.05) is 27.9 Å². The topological polar surface area (TPSA) is 155 Å². The maximum atomic E-state index is 17.0. The van der Waals surface area contributed by atoms with Crippen molar-refractivity contribution in [2.24, 2.45) is 35.5 Å². The van der Waals surface area contributed by atoms with Crippen LogP contribution in [0.15, 0.2) is 47.6 Å². The molecule has 0 aromatic rings. The average molecular weight is 918 g/mol. The SMILES string of the molecule is CO[C@H]1C[C@@H]2CC[C@@H](C)[C@@](F)(O2)C(=O)C(=O)N2CCCC[C@H]2C(=O)OC([C@H](C)C[C@@H]2CC[C@@H](O)[C@H](OC)C2)CC(=O)[C@H](C)/C=C(\C)C(F)[C@@H](OC)C(=O)[C@H](C)C[C@H](C)/C=C/C=C/C=C/1C. The molecule has 4 aliphatic rings. The number of hydrogen-bond acceptors (Lipinski definition) is 11. The molecule has 3 fully saturated rings. The molecule has 14 heteroatoms. The lowest BCUT2D eigenvalue weighted by molar-refractivity contribution is -0.231. The Morgan fingerprint density at radius 3 is 2.28 bits per heavy atom. The number of Topliss-reactive ketones (excluding diaryl/α,β-unsaturated/α-hetero) is 3. The first-order valence-electron chi connectivity index (χ1n) is 23.8. The number of cyclic esters (lactones) is 1. The zero-order valence-electron chi connectivity index (χ0n) is 40.5. The Labute approximate surface area is 385 Å². The van der Waals surface area contributed by atoms with Gasteiger partial charge in [0, 0.05) is 58.5 Å². The third-order valence-corrected chi connectivity index (χ3v) is 14.4. The number of amides is 1. The van der Waals surface area contributed by atoms with Gasteiger partial charge < -0.3 is 33.7 Å². The van der Waals surface area contributed by atoms with Crippen molar-refractivity contribution in [3.63, 3.8) is 0 Å². The van der Waals surface area contributed by atoms with Gasteiger partial charge in [0.1, 0.15) is 17.9 Å². The molecule has 2 saturated heterocycles. The number of hydrogen-bond donors (Lipinski definition) is 1. The Kier molecular flexibility index (Phi) is 20.9. The van der Waals surface area contributed by atoms with Crippen molar-refractivity contribution in [2.45, 2.75) is 180 Å². The van der Waals surface area contributed by atoms with Gasteiger partial charge in [-0.3, -0.25) is 19.2 Å². The number of aliphatic hydroxyl groups excluding tert-OH is 1. The third kappa shape index (κ3) is 14.3. The number of piperidine rings is 1. The van der Waals surface area contributed by atoms with Gasteiger partial charge in [-0.2, -0.15) is 0 Å². The quantitative estimate of drug-likeness (QED) is 0.156. The van der Waals surface area contributed by atoms with E-state index in [1.54, 1.807) is 21.0 Å². The van der Waals surface area contributed by atoms with Gasteiger partial charge >= 0.3 is 5.97 Å². The van der Waals surface area contributed by atoms with Gasteiger partial charge in [-0.25, -0.2) is 13.6 Å². The average Bonchev–Trinajstić information content (AvgIpc) is 3.28. The third-order valence-electron chi connectivity index (χ3n) is 14.4. The molecule has 2 unspecified atom stereocenters. The molecule has 0 spiro atoms. The summed E-state index contributed by atoms with van der Waals surface area (Å²) in [6.07, 6.45) is 9.11. The fourth-order valence-corrected chi connectivity index (χ4v) is 10.1. The fourth-order valence-electron chi connectivity index (χ4n) is 10.1. The number of carbonyl (C=O) groups excluding carboxylic acids is 5. The number of allylic oxidation sites excluding steroid dienone is 6. The summed E-state index contributed by atoms with van der Waals surface area (Å²) >= 11 is 0. The van der Waals surface area contributed by atoms with Crippen LogP contribution in [0.3, 0.4) is 0 Å². The lowest BCUT2D eigenvalue weighted by Crippen LogP contribution is -2.59. The highest BCUT2D eigenvalue weighted by Crippen LogP contribution is 2.40. The molecule has 0 radical (unpaired) electrons. The zero-order chi connectivity index (χ0) is 48.2. The van der Waals surface area contributed by atoms with E-state index in [0.29, 0.717) is 51.4 Å². The molecule has 1 aliphatic carbocycles. The van der Waals surface area contributed by atoms with E-state index >= 15 is 8.78 Å². The molecule has 1 N–H and O–H groups in total. The fraction of sp³-hybridized carbons (Fsp3) is 0.745. The molecular weight excluding hydrogens is 841 g/mol. The second-order valence-electron chi connectivity index (χ2n) is 19.5. The minimum Gasteiger partial charge on any atom is -0.460 e. The van der Waals surface area contributed by atoms with Crippen LogP contribution in [0.25, 0.3) is 0 Å². The maximum Gasteiger partial charge on any atom is 0.329 e. The number of ketones is 3. The van der Waals surface area contributed by atoms with E-state index in [1.807, 2.05) is 51.2 Å². The van der Waals surface area contributed by atoms with Crippen molar-refractivity contribution in [3.8, 4) is 0 Å². The van der Waals surface area contributed by atoms with Crippen LogP contribution in [-0.2, 0) is 47.7 Å². The van der Waals surface area contributed by atoms with Gasteiger partial charge in [0.25, 0.3) is 17.5 Å². The van der Waals surface area contributed by atoms with E-state index in [2.05, 4.69) is 0 Å². The Bertz CT molecular complexity index is 1760. The monoisotopic (exact) mass is 918 g/mol. The standard InChI is InChI=1S/C51H77F2NO11/c1-30-16-12-11-13-17-31(2)42(61-8)28-38-21-19-36(7)51(53,65-38)48(58)49(59)54-23-15-14-18-39(54)50(60)64-43(33(4)26-37-20-22-40(55)44(27-37)62-9)29-41(56)32(3)25-34(5)45(52)47(63-10)46(57)35(6)24-30/h11-13,16-17,25,30,32-33,35-40,42-45,47,55H,14-15,18-24,26-29H2,1-10H3/b13-11+,16-12+,31-17+,34-25+/t30-,32-,33-,35-,36-,37+,38+,39+,40-,42+,43?,44-,45?,47-,51-/m1/s1. The molecule has 3 heterocycles. The van der Waals surface area contributed by atoms with Crippen molar-refractivity contribution >= 4 is 29.2 Å². The van der Waals surface area contributed by atoms with Gasteiger partial charge in [-0.05, 0) is 107 Å². The lowest BCUT2D eigenvalue weighted by Gasteiger charge is -2.41. The number of halogens is 2. The number of nitrogens with zero attached hydrogens (tertiary/aromatic N) is 1. The van der Waals surface area contributed by atoms with E-state index < -0.39 is 84.0 Å². The Hall–Kier alpha value is -3.43. The highest BCUT2D eigenvalue weighted by atomic mass is 19.2. The number of alkyl halides is 2. The predicted molar refractivity (Wildman–Crippen MR) is 243 cm³/mol. The number of methoxy groups -OCH3 is 3. The summed E-state index contributed by atoms with van der Waals surface area (Å²) in [5.41, 5.74) is 0.981. The molecule has 1 saturated carbocycles. The molecule has 2 bridgehead atoms. The summed E-state index contributed by atoms with van der Waals surface area (Å²) in [5, 5.41) is 10.5. The number of rotatable bonds is 6. The lowest BCUT2D eigenvalue weighted by atomic mass is 9.78. The second-order valence-corrected chi connectivity index (χ2v) is 19.5. The molecule has 12 nitrogen and oxygen atoms in total. The molecule has 65 heavy (non-hydrogen) atoms. The number of fused-ring (bicyclic) bond motifs is 3. The minimum atomic E-state index is -2.94. The Morgan fingerprint density at radius 1 is 0.877 bits per heavy atom. The smallest absolute Gasteiger partial charge is 0.329 e. The summed E-state index contributed by atoms with van der Waals surface area (Å²) in [6, 6.07) is -1.21. The molecule has 0 aromatic heterocycles. The first-order chi connectivity index (χ1) is 30.7. The van der Waals surface area contributed by atoms with Crippen LogP contribution < -0.4 is 0 Å². The van der Waals surface area contributed by atoms with E-state index in [4.69, 9.17) is 23.7 Å². The van der Waals surface area contributed by atoms with E-state index in [-0.39, 0.29) is 73.2 Å². The molecule has 15 atom stereocenters. The molecule has 0 aromatic carbocycles. The highest BCUT2D eigenvalue weighted by molar-refractivity contribution is 6.39. The predicted octanol–water partition coefficient (Wildman–Crippen LogP) is 8.14. The van der Waals surface area contributed by atoms with Crippen LogP contribution in [0.1, 0.15) is 126 Å². The largest absolute Gasteiger partial charge is 0.460 e. The van der Waals surface area contributed by atoms with Crippen molar-refractivity contribution < 1.29 is 61.5 Å². The summed E-state index contributed by atoms with van der Waals surface area (Å²) in [7, 11) is 4.38. The Balaban J connectivity index is 1.70. The summed E-state index contributed by atoms with van der Waals surface area (Å²) in [5.74, 6) is -9.64. The van der Waals surface area contributed by atoms with Crippen LogP contribution in [0, 0.1) is 35.5 Å². The van der Waals surface area contributed by atoms with Gasteiger partial charge in [0.05, 0.1) is 24.4 Å². The molecule has 1 amide bonds. The molecule has 4 rings (SSSR count). The van der Waals surface area contributed by atoms with Crippen LogP contribution in [0.4, 0.5) is 8.78 Å². The van der Waals surface area contributed by atoms with E-state index in [9.17, 15) is 29.1 Å². The molecular formula is C51H77F2NO11. The van der Waals surface area contributed by atoms with Gasteiger partial charge in [-0.15, -0.1) is 0 Å². The minimum absolute atomic E-state index is 0.0206. The summed E-state index contributed by atoms with van der Waals surface area (Å²) in [6.45, 7) is 12.2. The number of ether oxygens (including phenoxy) is 5. The highest BCUT2D eigenvalue weighted by Gasteiger charge is 2.55. The normalized spacial score (nSPS) is 40.4.